The molecular weight excluding hydrogens is 218 g/mol. The van der Waals surface area contributed by atoms with Crippen molar-refractivity contribution in [2.45, 2.75) is 58.4 Å². The van der Waals surface area contributed by atoms with Gasteiger partial charge < -0.3 is 5.32 Å². The Morgan fingerprint density at radius 1 is 1.22 bits per heavy atom. The molecule has 0 amide bonds. The van der Waals surface area contributed by atoms with E-state index in [2.05, 4.69) is 50.4 Å². The molecule has 1 saturated carbocycles. The number of hydrogen-bond acceptors (Lipinski definition) is 1. The number of benzene rings is 1. The van der Waals surface area contributed by atoms with Crippen LogP contribution in [0.25, 0.3) is 0 Å². The first kappa shape index (κ1) is 13.6. The molecule has 0 saturated heterocycles. The number of rotatable bonds is 6. The fraction of sp³-hybridized carbons (Fsp3) is 0.647. The first-order valence-corrected chi connectivity index (χ1v) is 7.56. The Labute approximate surface area is 112 Å². The molecule has 1 aliphatic rings. The Morgan fingerprint density at radius 2 is 1.94 bits per heavy atom. The van der Waals surface area contributed by atoms with E-state index < -0.39 is 0 Å². The summed E-state index contributed by atoms with van der Waals surface area (Å²) >= 11 is 0. The molecule has 0 aromatic heterocycles. The quantitative estimate of drug-likeness (QED) is 0.769. The summed E-state index contributed by atoms with van der Waals surface area (Å²) in [5, 5.41) is 3.73. The second-order valence-corrected chi connectivity index (χ2v) is 5.93. The molecule has 1 fully saturated rings. The molecule has 0 radical (unpaired) electrons. The normalized spacial score (nSPS) is 17.8. The summed E-state index contributed by atoms with van der Waals surface area (Å²) in [6.45, 7) is 8.00. The molecule has 100 valence electrons. The zero-order valence-corrected chi connectivity index (χ0v) is 12.1. The molecule has 0 spiro atoms. The Bertz CT molecular complexity index is 366. The average Bonchev–Trinajstić information content (AvgIpc) is 2.29. The van der Waals surface area contributed by atoms with Gasteiger partial charge in [-0.3, -0.25) is 0 Å². The van der Waals surface area contributed by atoms with E-state index in [0.717, 1.165) is 12.5 Å². The van der Waals surface area contributed by atoms with Crippen LogP contribution in [-0.4, -0.2) is 6.54 Å². The first-order valence-electron chi connectivity index (χ1n) is 7.56. The van der Waals surface area contributed by atoms with Gasteiger partial charge in [0, 0.05) is 6.04 Å². The Balaban J connectivity index is 2.22. The van der Waals surface area contributed by atoms with Gasteiger partial charge in [0.2, 0.25) is 0 Å². The van der Waals surface area contributed by atoms with Crippen molar-refractivity contribution in [3.63, 3.8) is 0 Å². The highest BCUT2D eigenvalue weighted by atomic mass is 14.9. The number of hydrogen-bond donors (Lipinski definition) is 1. The Morgan fingerprint density at radius 3 is 2.50 bits per heavy atom. The molecule has 2 rings (SSSR count). The van der Waals surface area contributed by atoms with Crippen molar-refractivity contribution in [2.75, 3.05) is 6.54 Å². The van der Waals surface area contributed by atoms with E-state index in [1.54, 1.807) is 11.1 Å². The predicted octanol–water partition coefficient (Wildman–Crippen LogP) is 4.65. The van der Waals surface area contributed by atoms with Gasteiger partial charge in [-0.15, -0.1) is 0 Å². The first-order chi connectivity index (χ1) is 8.74. The van der Waals surface area contributed by atoms with Crippen molar-refractivity contribution >= 4 is 0 Å². The van der Waals surface area contributed by atoms with Crippen molar-refractivity contribution in [3.05, 3.63) is 35.4 Å². The van der Waals surface area contributed by atoms with Crippen molar-refractivity contribution in [2.24, 2.45) is 5.92 Å². The Kier molecular flexibility index (Phi) is 4.82. The molecule has 1 aliphatic carbocycles. The second kappa shape index (κ2) is 6.38. The lowest BCUT2D eigenvalue weighted by molar-refractivity contribution is 0.385. The van der Waals surface area contributed by atoms with E-state index in [-0.39, 0.29) is 0 Å². The molecular formula is C17H27N. The minimum absolute atomic E-state index is 0.516. The predicted molar refractivity (Wildman–Crippen MR) is 78.9 cm³/mol. The van der Waals surface area contributed by atoms with Gasteiger partial charge in [-0.05, 0) is 48.8 Å². The lowest BCUT2D eigenvalue weighted by Gasteiger charge is -2.32. The van der Waals surface area contributed by atoms with Crippen LogP contribution in [0.5, 0.6) is 0 Å². The van der Waals surface area contributed by atoms with Gasteiger partial charge in [0.15, 0.2) is 0 Å². The SMILES string of the molecule is CCCNC(c1ccccc1C1CCC1)C(C)C. The van der Waals surface area contributed by atoms with Gasteiger partial charge in [-0.1, -0.05) is 51.5 Å². The molecule has 1 aromatic rings. The summed E-state index contributed by atoms with van der Waals surface area (Å²) in [6, 6.07) is 9.60. The summed E-state index contributed by atoms with van der Waals surface area (Å²) in [5.74, 6) is 1.48. The third-order valence-electron chi connectivity index (χ3n) is 4.16. The maximum atomic E-state index is 3.73. The standard InChI is InChI=1S/C17H27N/c1-4-12-18-17(13(2)3)16-11-6-5-10-15(16)14-8-7-9-14/h5-6,10-11,13-14,17-18H,4,7-9,12H2,1-3H3. The van der Waals surface area contributed by atoms with Crippen LogP contribution in [0.1, 0.15) is 69.5 Å². The largest absolute Gasteiger partial charge is 0.310 e. The molecule has 1 aromatic carbocycles. The third kappa shape index (κ3) is 2.95. The topological polar surface area (TPSA) is 12.0 Å². The zero-order chi connectivity index (χ0) is 13.0. The van der Waals surface area contributed by atoms with Crippen molar-refractivity contribution in [1.82, 2.24) is 5.32 Å². The van der Waals surface area contributed by atoms with Crippen LogP contribution in [0.2, 0.25) is 0 Å². The van der Waals surface area contributed by atoms with Gasteiger partial charge in [-0.25, -0.2) is 0 Å². The molecule has 1 N–H and O–H groups in total. The summed E-state index contributed by atoms with van der Waals surface area (Å²) in [5.41, 5.74) is 3.15. The average molecular weight is 245 g/mol. The van der Waals surface area contributed by atoms with Crippen LogP contribution in [0.4, 0.5) is 0 Å². The van der Waals surface area contributed by atoms with Crippen LogP contribution < -0.4 is 5.32 Å². The number of nitrogens with one attached hydrogen (secondary N) is 1. The molecule has 0 bridgehead atoms. The van der Waals surface area contributed by atoms with Crippen molar-refractivity contribution in [1.29, 1.82) is 0 Å². The molecule has 0 aliphatic heterocycles. The van der Waals surface area contributed by atoms with Crippen LogP contribution in [0, 0.1) is 5.92 Å². The molecule has 1 nitrogen and oxygen atoms in total. The lowest BCUT2D eigenvalue weighted by atomic mass is 9.76. The highest BCUT2D eigenvalue weighted by Crippen LogP contribution is 2.40. The van der Waals surface area contributed by atoms with Gasteiger partial charge in [-0.2, -0.15) is 0 Å². The minimum atomic E-state index is 0.516. The molecule has 18 heavy (non-hydrogen) atoms. The third-order valence-corrected chi connectivity index (χ3v) is 4.16. The van der Waals surface area contributed by atoms with E-state index in [1.807, 2.05) is 0 Å². The van der Waals surface area contributed by atoms with E-state index in [1.165, 1.54) is 25.7 Å². The van der Waals surface area contributed by atoms with Gasteiger partial charge >= 0.3 is 0 Å². The highest BCUT2D eigenvalue weighted by Gasteiger charge is 2.25. The smallest absolute Gasteiger partial charge is 0.0346 e. The molecule has 1 unspecified atom stereocenters. The van der Waals surface area contributed by atoms with Crippen molar-refractivity contribution < 1.29 is 0 Å². The summed E-state index contributed by atoms with van der Waals surface area (Å²) in [6.07, 6.45) is 5.38. The molecule has 1 atom stereocenters. The minimum Gasteiger partial charge on any atom is -0.310 e. The van der Waals surface area contributed by atoms with Gasteiger partial charge in [0.05, 0.1) is 0 Å². The van der Waals surface area contributed by atoms with E-state index in [9.17, 15) is 0 Å². The van der Waals surface area contributed by atoms with Gasteiger partial charge in [0.1, 0.15) is 0 Å². The summed E-state index contributed by atoms with van der Waals surface area (Å²) in [7, 11) is 0. The maximum Gasteiger partial charge on any atom is 0.0346 e. The van der Waals surface area contributed by atoms with E-state index in [4.69, 9.17) is 0 Å². The van der Waals surface area contributed by atoms with Crippen LogP contribution in [-0.2, 0) is 0 Å². The van der Waals surface area contributed by atoms with Gasteiger partial charge in [0.25, 0.3) is 0 Å². The zero-order valence-electron chi connectivity index (χ0n) is 12.1. The van der Waals surface area contributed by atoms with Crippen LogP contribution in [0.3, 0.4) is 0 Å². The van der Waals surface area contributed by atoms with Crippen LogP contribution in [0.15, 0.2) is 24.3 Å². The lowest BCUT2D eigenvalue weighted by Crippen LogP contribution is -2.28. The Hall–Kier alpha value is -0.820. The van der Waals surface area contributed by atoms with Crippen molar-refractivity contribution in [3.8, 4) is 0 Å². The fourth-order valence-corrected chi connectivity index (χ4v) is 2.89. The van der Waals surface area contributed by atoms with E-state index in [0.29, 0.717) is 12.0 Å². The monoisotopic (exact) mass is 245 g/mol. The summed E-state index contributed by atoms with van der Waals surface area (Å²) in [4.78, 5) is 0. The van der Waals surface area contributed by atoms with Crippen LogP contribution >= 0.6 is 0 Å². The second-order valence-electron chi connectivity index (χ2n) is 5.93. The fourth-order valence-electron chi connectivity index (χ4n) is 2.89. The van der Waals surface area contributed by atoms with E-state index >= 15 is 0 Å². The molecule has 0 heterocycles. The molecule has 1 heteroatoms. The summed E-state index contributed by atoms with van der Waals surface area (Å²) < 4.78 is 0. The highest BCUT2D eigenvalue weighted by molar-refractivity contribution is 5.34. The maximum absolute atomic E-state index is 3.73.